The number of hydrogen-bond donors (Lipinski definition) is 2. The molecule has 2 fully saturated rings. The van der Waals surface area contributed by atoms with E-state index in [4.69, 9.17) is 9.73 Å². The molecule has 6 nitrogen and oxygen atoms in total. The SMILES string of the molecule is CCCN1CCC(NC(=NCC2CCN(c3cccc(OC)c3)C2)NCC)CC1. The molecule has 6 heteroatoms. The van der Waals surface area contributed by atoms with Crippen molar-refractivity contribution in [1.82, 2.24) is 15.5 Å². The summed E-state index contributed by atoms with van der Waals surface area (Å²) >= 11 is 0. The maximum Gasteiger partial charge on any atom is 0.191 e. The Morgan fingerprint density at radius 2 is 2.00 bits per heavy atom. The van der Waals surface area contributed by atoms with Gasteiger partial charge in [-0.05, 0) is 57.2 Å². The molecular weight excluding hydrogens is 362 g/mol. The van der Waals surface area contributed by atoms with Crippen LogP contribution in [-0.2, 0) is 0 Å². The van der Waals surface area contributed by atoms with Crippen LogP contribution in [0.2, 0.25) is 0 Å². The molecule has 0 radical (unpaired) electrons. The van der Waals surface area contributed by atoms with Crippen LogP contribution in [0.4, 0.5) is 5.69 Å². The summed E-state index contributed by atoms with van der Waals surface area (Å²) in [5.41, 5.74) is 1.25. The first-order chi connectivity index (χ1) is 14.2. The van der Waals surface area contributed by atoms with Gasteiger partial charge in [0.15, 0.2) is 5.96 Å². The molecule has 29 heavy (non-hydrogen) atoms. The van der Waals surface area contributed by atoms with Crippen molar-refractivity contribution in [2.75, 3.05) is 57.8 Å². The molecule has 2 N–H and O–H groups in total. The zero-order chi connectivity index (χ0) is 20.5. The van der Waals surface area contributed by atoms with Gasteiger partial charge in [-0.15, -0.1) is 0 Å². The quantitative estimate of drug-likeness (QED) is 0.518. The van der Waals surface area contributed by atoms with Crippen LogP contribution in [-0.4, -0.2) is 69.8 Å². The molecule has 0 amide bonds. The van der Waals surface area contributed by atoms with Crippen molar-refractivity contribution < 1.29 is 4.74 Å². The van der Waals surface area contributed by atoms with Gasteiger partial charge in [-0.3, -0.25) is 4.99 Å². The molecule has 1 atom stereocenters. The zero-order valence-corrected chi connectivity index (χ0v) is 18.5. The van der Waals surface area contributed by atoms with Gasteiger partial charge in [-0.1, -0.05) is 13.0 Å². The lowest BCUT2D eigenvalue weighted by atomic mass is 10.1. The smallest absolute Gasteiger partial charge is 0.191 e. The number of likely N-dealkylation sites (tertiary alicyclic amines) is 1. The monoisotopic (exact) mass is 401 g/mol. The summed E-state index contributed by atoms with van der Waals surface area (Å²) in [6, 6.07) is 8.91. The topological polar surface area (TPSA) is 52.1 Å². The second kappa shape index (κ2) is 11.3. The third-order valence-corrected chi connectivity index (χ3v) is 6.02. The highest BCUT2D eigenvalue weighted by Gasteiger charge is 2.23. The molecule has 1 aromatic rings. The highest BCUT2D eigenvalue weighted by atomic mass is 16.5. The summed E-state index contributed by atoms with van der Waals surface area (Å²) in [5, 5.41) is 7.13. The fourth-order valence-corrected chi connectivity index (χ4v) is 4.37. The van der Waals surface area contributed by atoms with Crippen molar-refractivity contribution in [3.05, 3.63) is 24.3 Å². The first-order valence-electron chi connectivity index (χ1n) is 11.4. The van der Waals surface area contributed by atoms with Gasteiger partial charge in [0.2, 0.25) is 0 Å². The highest BCUT2D eigenvalue weighted by Crippen LogP contribution is 2.27. The lowest BCUT2D eigenvalue weighted by Crippen LogP contribution is -2.48. The summed E-state index contributed by atoms with van der Waals surface area (Å²) < 4.78 is 5.37. The Hall–Kier alpha value is -1.95. The molecule has 0 bridgehead atoms. The van der Waals surface area contributed by atoms with E-state index in [9.17, 15) is 0 Å². The number of methoxy groups -OCH3 is 1. The first-order valence-corrected chi connectivity index (χ1v) is 11.4. The van der Waals surface area contributed by atoms with E-state index >= 15 is 0 Å². The molecule has 2 aliphatic rings. The minimum absolute atomic E-state index is 0.540. The van der Waals surface area contributed by atoms with E-state index in [1.807, 2.05) is 6.07 Å². The summed E-state index contributed by atoms with van der Waals surface area (Å²) in [6.07, 6.45) is 4.85. The number of aliphatic imine (C=N–C) groups is 1. The lowest BCUT2D eigenvalue weighted by molar-refractivity contribution is 0.206. The molecular formula is C23H39N5O. The number of rotatable bonds is 8. The van der Waals surface area contributed by atoms with E-state index in [-0.39, 0.29) is 0 Å². The van der Waals surface area contributed by atoms with Crippen LogP contribution < -0.4 is 20.3 Å². The van der Waals surface area contributed by atoms with Gasteiger partial charge in [-0.2, -0.15) is 0 Å². The van der Waals surface area contributed by atoms with Crippen LogP contribution in [0.15, 0.2) is 29.3 Å². The number of nitrogens with one attached hydrogen (secondary N) is 2. The first kappa shape index (κ1) is 21.8. The second-order valence-corrected chi connectivity index (χ2v) is 8.28. The van der Waals surface area contributed by atoms with Crippen LogP contribution >= 0.6 is 0 Å². The van der Waals surface area contributed by atoms with Gasteiger partial charge >= 0.3 is 0 Å². The van der Waals surface area contributed by atoms with E-state index < -0.39 is 0 Å². The molecule has 0 aromatic heterocycles. The normalized spacial score (nSPS) is 21.4. The molecule has 2 aliphatic heterocycles. The number of benzene rings is 1. The van der Waals surface area contributed by atoms with Crippen LogP contribution in [0.5, 0.6) is 5.75 Å². The largest absolute Gasteiger partial charge is 0.497 e. The van der Waals surface area contributed by atoms with Crippen molar-refractivity contribution in [1.29, 1.82) is 0 Å². The summed E-state index contributed by atoms with van der Waals surface area (Å²) in [6.45, 7) is 12.0. The molecule has 2 heterocycles. The number of piperidine rings is 1. The van der Waals surface area contributed by atoms with Crippen molar-refractivity contribution >= 4 is 11.6 Å². The van der Waals surface area contributed by atoms with E-state index in [0.717, 1.165) is 37.9 Å². The number of guanidine groups is 1. The number of anilines is 1. The van der Waals surface area contributed by atoms with Crippen molar-refractivity contribution in [3.8, 4) is 5.75 Å². The van der Waals surface area contributed by atoms with Crippen molar-refractivity contribution in [2.24, 2.45) is 10.9 Å². The Balaban J connectivity index is 1.49. The van der Waals surface area contributed by atoms with Gasteiger partial charge in [0.25, 0.3) is 0 Å². The standard InChI is InChI=1S/C23H39N5O/c1-4-12-27-13-10-20(11-14-27)26-23(24-5-2)25-17-19-9-15-28(18-19)21-7-6-8-22(16-21)29-3/h6-8,16,19-20H,4-5,9-15,17-18H2,1-3H3,(H2,24,25,26). The summed E-state index contributed by atoms with van der Waals surface area (Å²) in [4.78, 5) is 9.96. The van der Waals surface area contributed by atoms with Gasteiger partial charge < -0.3 is 25.2 Å². The minimum atomic E-state index is 0.540. The Bertz CT molecular complexity index is 642. The van der Waals surface area contributed by atoms with E-state index in [1.54, 1.807) is 7.11 Å². The molecule has 2 saturated heterocycles. The van der Waals surface area contributed by atoms with Crippen LogP contribution in [0.3, 0.4) is 0 Å². The van der Waals surface area contributed by atoms with E-state index in [0.29, 0.717) is 12.0 Å². The second-order valence-electron chi connectivity index (χ2n) is 8.28. The van der Waals surface area contributed by atoms with Crippen LogP contribution in [0, 0.1) is 5.92 Å². The molecule has 1 aromatic carbocycles. The lowest BCUT2D eigenvalue weighted by Gasteiger charge is -2.32. The fraction of sp³-hybridized carbons (Fsp3) is 0.696. The number of hydrogen-bond acceptors (Lipinski definition) is 4. The van der Waals surface area contributed by atoms with Crippen LogP contribution in [0.1, 0.15) is 39.5 Å². The Morgan fingerprint density at radius 1 is 1.17 bits per heavy atom. The summed E-state index contributed by atoms with van der Waals surface area (Å²) in [5.74, 6) is 2.51. The Morgan fingerprint density at radius 3 is 2.72 bits per heavy atom. The predicted molar refractivity (Wildman–Crippen MR) is 122 cm³/mol. The molecule has 0 saturated carbocycles. The van der Waals surface area contributed by atoms with Crippen molar-refractivity contribution in [2.45, 2.75) is 45.6 Å². The summed E-state index contributed by atoms with van der Waals surface area (Å²) in [7, 11) is 1.73. The Kier molecular flexibility index (Phi) is 8.47. The third kappa shape index (κ3) is 6.53. The fourth-order valence-electron chi connectivity index (χ4n) is 4.37. The van der Waals surface area contributed by atoms with Gasteiger partial charge in [-0.25, -0.2) is 0 Å². The number of ether oxygens (including phenoxy) is 1. The molecule has 0 spiro atoms. The molecule has 0 aliphatic carbocycles. The highest BCUT2D eigenvalue weighted by molar-refractivity contribution is 5.80. The maximum absolute atomic E-state index is 5.37. The van der Waals surface area contributed by atoms with E-state index in [1.165, 1.54) is 51.0 Å². The maximum atomic E-state index is 5.37. The minimum Gasteiger partial charge on any atom is -0.497 e. The average molecular weight is 402 g/mol. The van der Waals surface area contributed by atoms with Gasteiger partial charge in [0.05, 0.1) is 7.11 Å². The van der Waals surface area contributed by atoms with Crippen molar-refractivity contribution in [3.63, 3.8) is 0 Å². The molecule has 1 unspecified atom stereocenters. The van der Waals surface area contributed by atoms with Gasteiger partial charge in [0.1, 0.15) is 5.75 Å². The van der Waals surface area contributed by atoms with Gasteiger partial charge in [0, 0.05) is 57.1 Å². The van der Waals surface area contributed by atoms with Crippen LogP contribution in [0.25, 0.3) is 0 Å². The molecule has 3 rings (SSSR count). The predicted octanol–water partition coefficient (Wildman–Crippen LogP) is 2.95. The average Bonchev–Trinajstić information content (AvgIpc) is 3.23. The third-order valence-electron chi connectivity index (χ3n) is 6.02. The van der Waals surface area contributed by atoms with E-state index in [2.05, 4.69) is 52.5 Å². The Labute approximate surface area is 176 Å². The number of nitrogens with zero attached hydrogens (tertiary/aromatic N) is 3. The molecule has 162 valence electrons. The zero-order valence-electron chi connectivity index (χ0n) is 18.5.